The van der Waals surface area contributed by atoms with Crippen molar-refractivity contribution in [2.45, 2.75) is 108 Å². The molecule has 3 unspecified atom stereocenters. The summed E-state index contributed by atoms with van der Waals surface area (Å²) in [5, 5.41) is 0. The zero-order valence-corrected chi connectivity index (χ0v) is 18.4. The van der Waals surface area contributed by atoms with Crippen LogP contribution in [-0.4, -0.2) is 5.54 Å². The van der Waals surface area contributed by atoms with Crippen LogP contribution < -0.4 is 5.73 Å². The minimum Gasteiger partial charge on any atom is -0.325 e. The van der Waals surface area contributed by atoms with Crippen LogP contribution in [0.2, 0.25) is 0 Å². The maximum atomic E-state index is 6.53. The van der Waals surface area contributed by atoms with E-state index in [-0.39, 0.29) is 16.4 Å². The lowest BCUT2D eigenvalue weighted by atomic mass is 9.55. The molecule has 23 heavy (non-hydrogen) atoms. The minimum atomic E-state index is -0.0617. The van der Waals surface area contributed by atoms with Gasteiger partial charge in [0.25, 0.3) is 0 Å². The normalized spacial score (nSPS) is 19.6. The Morgan fingerprint density at radius 3 is 1.52 bits per heavy atom. The second-order valence-corrected chi connectivity index (χ2v) is 10.8. The highest BCUT2D eigenvalue weighted by molar-refractivity contribution is 4.95. The molecule has 0 aromatic heterocycles. The van der Waals surface area contributed by atoms with E-state index in [9.17, 15) is 0 Å². The van der Waals surface area contributed by atoms with Gasteiger partial charge in [-0.3, -0.25) is 0 Å². The summed E-state index contributed by atoms with van der Waals surface area (Å²) in [6.45, 7) is 28.6. The van der Waals surface area contributed by atoms with Gasteiger partial charge in [-0.1, -0.05) is 76.2 Å². The molecule has 0 aromatic rings. The van der Waals surface area contributed by atoms with Gasteiger partial charge in [0, 0.05) is 5.54 Å². The maximum Gasteiger partial charge on any atom is 0.0149 e. The van der Waals surface area contributed by atoms with Crippen LogP contribution in [0.5, 0.6) is 0 Å². The van der Waals surface area contributed by atoms with Gasteiger partial charge in [-0.15, -0.1) is 0 Å². The van der Waals surface area contributed by atoms with E-state index in [0.29, 0.717) is 17.3 Å². The molecule has 0 radical (unpaired) electrons. The molecule has 1 nitrogen and oxygen atoms in total. The molecule has 0 heterocycles. The fourth-order valence-electron chi connectivity index (χ4n) is 3.56. The van der Waals surface area contributed by atoms with E-state index in [1.165, 1.54) is 12.8 Å². The Morgan fingerprint density at radius 2 is 1.17 bits per heavy atom. The highest BCUT2D eigenvalue weighted by Gasteiger charge is 2.44. The summed E-state index contributed by atoms with van der Waals surface area (Å²) in [5.41, 5.74) is 7.42. The standard InChI is InChI=1S/C22H47N/c1-13-22(12,23)18(5)15-20(8,9)21(10,11)17(4)14-19(6,7)16(2)3/h16-18H,13-15,23H2,1-12H3. The molecular weight excluding hydrogens is 278 g/mol. The lowest BCUT2D eigenvalue weighted by Crippen LogP contribution is -2.47. The van der Waals surface area contributed by atoms with Crippen molar-refractivity contribution >= 4 is 0 Å². The van der Waals surface area contributed by atoms with Crippen molar-refractivity contribution in [3.63, 3.8) is 0 Å². The molecular formula is C22H47N. The molecule has 0 aromatic carbocycles. The molecule has 0 aliphatic carbocycles. The topological polar surface area (TPSA) is 26.0 Å². The third-order valence-electron chi connectivity index (χ3n) is 8.08. The van der Waals surface area contributed by atoms with Crippen molar-refractivity contribution in [3.05, 3.63) is 0 Å². The largest absolute Gasteiger partial charge is 0.325 e. The predicted octanol–water partition coefficient (Wildman–Crippen LogP) is 6.90. The number of rotatable bonds is 9. The Balaban J connectivity index is 5.23. The van der Waals surface area contributed by atoms with Crippen molar-refractivity contribution < 1.29 is 0 Å². The summed E-state index contributed by atoms with van der Waals surface area (Å²) in [7, 11) is 0. The van der Waals surface area contributed by atoms with Gasteiger partial charge in [-0.25, -0.2) is 0 Å². The van der Waals surface area contributed by atoms with Crippen molar-refractivity contribution in [2.75, 3.05) is 0 Å². The zero-order chi connectivity index (χ0) is 18.9. The van der Waals surface area contributed by atoms with Crippen LogP contribution in [0.25, 0.3) is 0 Å². The summed E-state index contributed by atoms with van der Waals surface area (Å²) in [5.74, 6) is 1.94. The SMILES string of the molecule is CCC(C)(N)C(C)CC(C)(C)C(C)(C)C(C)CC(C)(C)C(C)C. The van der Waals surface area contributed by atoms with Crippen molar-refractivity contribution in [3.8, 4) is 0 Å². The third kappa shape index (κ3) is 5.48. The molecule has 0 saturated carbocycles. The summed E-state index contributed by atoms with van der Waals surface area (Å²) >= 11 is 0. The van der Waals surface area contributed by atoms with Gasteiger partial charge in [0.15, 0.2) is 0 Å². The predicted molar refractivity (Wildman–Crippen MR) is 107 cm³/mol. The van der Waals surface area contributed by atoms with Gasteiger partial charge < -0.3 is 5.73 Å². The molecule has 0 rings (SSSR count). The zero-order valence-electron chi connectivity index (χ0n) is 18.4. The first-order valence-corrected chi connectivity index (χ1v) is 9.80. The van der Waals surface area contributed by atoms with Crippen LogP contribution >= 0.6 is 0 Å². The first-order chi connectivity index (χ1) is 10.0. The second kappa shape index (κ2) is 7.46. The van der Waals surface area contributed by atoms with Gasteiger partial charge in [0.2, 0.25) is 0 Å². The van der Waals surface area contributed by atoms with E-state index in [1.807, 2.05) is 0 Å². The fourth-order valence-corrected chi connectivity index (χ4v) is 3.56. The van der Waals surface area contributed by atoms with E-state index in [1.54, 1.807) is 0 Å². The highest BCUT2D eigenvalue weighted by atomic mass is 14.7. The van der Waals surface area contributed by atoms with Crippen LogP contribution in [0.4, 0.5) is 0 Å². The third-order valence-corrected chi connectivity index (χ3v) is 8.08. The van der Waals surface area contributed by atoms with Gasteiger partial charge in [-0.2, -0.15) is 0 Å². The first-order valence-electron chi connectivity index (χ1n) is 9.80. The Morgan fingerprint density at radius 1 is 0.739 bits per heavy atom. The van der Waals surface area contributed by atoms with Crippen LogP contribution in [0.15, 0.2) is 0 Å². The van der Waals surface area contributed by atoms with E-state index in [0.717, 1.165) is 12.3 Å². The number of hydrogen-bond donors (Lipinski definition) is 1. The van der Waals surface area contributed by atoms with Crippen molar-refractivity contribution in [1.82, 2.24) is 0 Å². The van der Waals surface area contributed by atoms with Crippen LogP contribution in [-0.2, 0) is 0 Å². The first kappa shape index (κ1) is 23.0. The smallest absolute Gasteiger partial charge is 0.0149 e. The average Bonchev–Trinajstić information content (AvgIpc) is 2.36. The Labute approximate surface area is 148 Å². The highest BCUT2D eigenvalue weighted by Crippen LogP contribution is 2.52. The van der Waals surface area contributed by atoms with E-state index in [4.69, 9.17) is 5.73 Å². The van der Waals surface area contributed by atoms with Gasteiger partial charge in [0.05, 0.1) is 0 Å². The lowest BCUT2D eigenvalue weighted by molar-refractivity contribution is -0.00635. The van der Waals surface area contributed by atoms with E-state index >= 15 is 0 Å². The molecule has 140 valence electrons. The summed E-state index contributed by atoms with van der Waals surface area (Å²) < 4.78 is 0. The van der Waals surface area contributed by atoms with Gasteiger partial charge in [0.1, 0.15) is 0 Å². The molecule has 0 spiro atoms. The molecule has 0 saturated heterocycles. The molecule has 0 fully saturated rings. The monoisotopic (exact) mass is 325 g/mol. The Hall–Kier alpha value is -0.0400. The molecule has 1 heteroatoms. The van der Waals surface area contributed by atoms with Gasteiger partial charge >= 0.3 is 0 Å². The van der Waals surface area contributed by atoms with Crippen LogP contribution in [0.3, 0.4) is 0 Å². The van der Waals surface area contributed by atoms with E-state index in [2.05, 4.69) is 83.1 Å². The maximum absolute atomic E-state index is 6.53. The minimum absolute atomic E-state index is 0.0617. The van der Waals surface area contributed by atoms with E-state index < -0.39 is 0 Å². The number of nitrogens with two attached hydrogens (primary N) is 1. The van der Waals surface area contributed by atoms with Crippen LogP contribution in [0.1, 0.15) is 102 Å². The summed E-state index contributed by atoms with van der Waals surface area (Å²) in [4.78, 5) is 0. The molecule has 0 bridgehead atoms. The Kier molecular flexibility index (Phi) is 7.45. The molecule has 2 N–H and O–H groups in total. The molecule has 0 amide bonds. The molecule has 3 atom stereocenters. The second-order valence-electron chi connectivity index (χ2n) is 10.8. The average molecular weight is 326 g/mol. The quantitative estimate of drug-likeness (QED) is 0.490. The fraction of sp³-hybridized carbons (Fsp3) is 1.00. The molecule has 0 aliphatic rings. The van der Waals surface area contributed by atoms with Gasteiger partial charge in [-0.05, 0) is 60.2 Å². The van der Waals surface area contributed by atoms with Crippen molar-refractivity contribution in [2.24, 2.45) is 39.7 Å². The summed E-state index contributed by atoms with van der Waals surface area (Å²) in [6, 6.07) is 0. The molecule has 0 aliphatic heterocycles. The lowest BCUT2D eigenvalue weighted by Gasteiger charge is -2.51. The number of hydrogen-bond acceptors (Lipinski definition) is 1. The Bertz CT molecular complexity index is 360. The van der Waals surface area contributed by atoms with Crippen LogP contribution in [0, 0.1) is 34.0 Å². The van der Waals surface area contributed by atoms with Crippen molar-refractivity contribution in [1.29, 1.82) is 0 Å². The summed E-state index contributed by atoms with van der Waals surface area (Å²) in [6.07, 6.45) is 3.51.